The third-order valence-electron chi connectivity index (χ3n) is 4.19. The van der Waals surface area contributed by atoms with Gasteiger partial charge in [0, 0.05) is 35.8 Å². The number of carboxylic acids is 1. The maximum absolute atomic E-state index is 11.7. The number of aliphatic carboxylic acids is 1. The van der Waals surface area contributed by atoms with Gasteiger partial charge in [-0.3, -0.25) is 9.59 Å². The number of nitrogens with one attached hydrogen (secondary N) is 2. The number of rotatable bonds is 17. The lowest BCUT2D eigenvalue weighted by Gasteiger charge is -2.10. The molecular formula is C18H35IN2O3. The van der Waals surface area contributed by atoms with Gasteiger partial charge in [-0.2, -0.15) is 0 Å². The molecule has 1 unspecified atom stereocenters. The van der Waals surface area contributed by atoms with Crippen molar-refractivity contribution in [3.8, 4) is 0 Å². The van der Waals surface area contributed by atoms with Crippen LogP contribution in [-0.2, 0) is 9.59 Å². The van der Waals surface area contributed by atoms with Crippen LogP contribution in [0.2, 0.25) is 0 Å². The lowest BCUT2D eigenvalue weighted by molar-refractivity contribution is -0.139. The quantitative estimate of drug-likeness (QED) is 0.171. The van der Waals surface area contributed by atoms with E-state index >= 15 is 0 Å². The van der Waals surface area contributed by atoms with E-state index in [0.29, 0.717) is 19.4 Å². The van der Waals surface area contributed by atoms with Gasteiger partial charge in [-0.15, -0.1) is 0 Å². The Hall–Kier alpha value is -0.370. The minimum Gasteiger partial charge on any atom is -0.480 e. The van der Waals surface area contributed by atoms with E-state index in [1.54, 1.807) is 0 Å². The second-order valence-electron chi connectivity index (χ2n) is 6.42. The number of amides is 1. The predicted octanol–water partition coefficient (Wildman–Crippen LogP) is 4.59. The van der Waals surface area contributed by atoms with E-state index in [0.717, 1.165) is 12.8 Å². The lowest BCUT2D eigenvalue weighted by atomic mass is 10.1. The number of hydrogen-bond acceptors (Lipinski definition) is 3. The Bertz CT molecular complexity index is 327. The van der Waals surface area contributed by atoms with E-state index in [1.807, 2.05) is 22.9 Å². The lowest BCUT2D eigenvalue weighted by Crippen LogP contribution is -2.35. The standard InChI is InChI=1S/C18H35IN2O3/c1-2-3-4-5-6-7-8-9-10-11-12-13-17(22)20-15-14-16(21-19)18(23)24/h16,21H,2-15H2,1H3,(H,20,22)(H,23,24). The van der Waals surface area contributed by atoms with Gasteiger partial charge in [0.25, 0.3) is 0 Å². The van der Waals surface area contributed by atoms with Gasteiger partial charge in [0.05, 0.1) is 0 Å². The van der Waals surface area contributed by atoms with Crippen molar-refractivity contribution in [2.24, 2.45) is 0 Å². The van der Waals surface area contributed by atoms with Crippen LogP contribution in [0.4, 0.5) is 0 Å². The molecule has 3 N–H and O–H groups in total. The Morgan fingerprint density at radius 3 is 1.88 bits per heavy atom. The molecule has 142 valence electrons. The average Bonchev–Trinajstić information content (AvgIpc) is 2.56. The van der Waals surface area contributed by atoms with Crippen molar-refractivity contribution in [2.75, 3.05) is 6.54 Å². The zero-order valence-electron chi connectivity index (χ0n) is 15.1. The van der Waals surface area contributed by atoms with Crippen molar-refractivity contribution in [3.05, 3.63) is 0 Å². The third kappa shape index (κ3) is 15.2. The molecule has 0 saturated heterocycles. The predicted molar refractivity (Wildman–Crippen MR) is 107 cm³/mol. The fourth-order valence-electron chi connectivity index (χ4n) is 2.62. The highest BCUT2D eigenvalue weighted by Crippen LogP contribution is 2.11. The summed E-state index contributed by atoms with van der Waals surface area (Å²) in [5.74, 6) is -0.854. The van der Waals surface area contributed by atoms with Crippen molar-refractivity contribution in [1.82, 2.24) is 8.85 Å². The molecule has 0 saturated carbocycles. The van der Waals surface area contributed by atoms with Crippen LogP contribution in [0.3, 0.4) is 0 Å². The number of carbonyl (C=O) groups excluding carboxylic acids is 1. The smallest absolute Gasteiger partial charge is 0.321 e. The Morgan fingerprint density at radius 2 is 1.42 bits per heavy atom. The SMILES string of the molecule is CCCCCCCCCCCCCC(=O)NCCC(NI)C(=O)O. The molecule has 0 aliphatic heterocycles. The summed E-state index contributed by atoms with van der Waals surface area (Å²) in [5.41, 5.74) is 0. The molecule has 0 radical (unpaired) electrons. The van der Waals surface area contributed by atoms with Gasteiger partial charge >= 0.3 is 5.97 Å². The van der Waals surface area contributed by atoms with Crippen LogP contribution in [0.25, 0.3) is 0 Å². The first kappa shape index (κ1) is 23.6. The fraction of sp³-hybridized carbons (Fsp3) is 0.889. The van der Waals surface area contributed by atoms with Crippen molar-refractivity contribution in [2.45, 2.75) is 96.4 Å². The van der Waals surface area contributed by atoms with Gasteiger partial charge in [0.15, 0.2) is 0 Å². The monoisotopic (exact) mass is 454 g/mol. The van der Waals surface area contributed by atoms with E-state index in [4.69, 9.17) is 5.11 Å². The molecular weight excluding hydrogens is 419 g/mol. The highest BCUT2D eigenvalue weighted by atomic mass is 127. The highest BCUT2D eigenvalue weighted by Gasteiger charge is 2.15. The van der Waals surface area contributed by atoms with Crippen LogP contribution in [0, 0.1) is 0 Å². The van der Waals surface area contributed by atoms with Gasteiger partial charge in [-0.05, 0) is 12.8 Å². The second kappa shape index (κ2) is 17.5. The van der Waals surface area contributed by atoms with E-state index in [9.17, 15) is 9.59 Å². The van der Waals surface area contributed by atoms with Gasteiger partial charge in [-0.1, -0.05) is 71.1 Å². The molecule has 0 spiro atoms. The summed E-state index contributed by atoms with van der Waals surface area (Å²) in [6.45, 7) is 2.65. The number of unbranched alkanes of at least 4 members (excludes halogenated alkanes) is 10. The Kier molecular flexibility index (Phi) is 17.2. The molecule has 24 heavy (non-hydrogen) atoms. The molecule has 0 aromatic heterocycles. The van der Waals surface area contributed by atoms with Crippen LogP contribution in [0.15, 0.2) is 0 Å². The molecule has 5 nitrogen and oxygen atoms in total. The average molecular weight is 454 g/mol. The van der Waals surface area contributed by atoms with Crippen molar-refractivity contribution in [3.63, 3.8) is 0 Å². The molecule has 0 aliphatic rings. The van der Waals surface area contributed by atoms with E-state index in [1.165, 1.54) is 57.8 Å². The summed E-state index contributed by atoms with van der Waals surface area (Å²) in [7, 11) is 0. The molecule has 0 aromatic rings. The second-order valence-corrected chi connectivity index (χ2v) is 7.05. The van der Waals surface area contributed by atoms with E-state index in [2.05, 4.69) is 15.8 Å². The van der Waals surface area contributed by atoms with Crippen molar-refractivity contribution >= 4 is 34.7 Å². The molecule has 0 heterocycles. The van der Waals surface area contributed by atoms with Crippen LogP contribution in [-0.4, -0.2) is 29.6 Å². The highest BCUT2D eigenvalue weighted by molar-refractivity contribution is 14.1. The zero-order valence-corrected chi connectivity index (χ0v) is 17.3. The molecule has 1 atom stereocenters. The summed E-state index contributed by atoms with van der Waals surface area (Å²) in [6.07, 6.45) is 14.9. The van der Waals surface area contributed by atoms with Gasteiger partial charge in [-0.25, -0.2) is 3.53 Å². The van der Waals surface area contributed by atoms with Crippen LogP contribution >= 0.6 is 22.9 Å². The minimum atomic E-state index is -0.885. The molecule has 1 amide bonds. The Morgan fingerprint density at radius 1 is 0.917 bits per heavy atom. The normalized spacial score (nSPS) is 12.1. The van der Waals surface area contributed by atoms with E-state index < -0.39 is 12.0 Å². The largest absolute Gasteiger partial charge is 0.480 e. The molecule has 0 aromatic carbocycles. The summed E-state index contributed by atoms with van der Waals surface area (Å²) in [4.78, 5) is 22.5. The third-order valence-corrected chi connectivity index (χ3v) is 4.94. The first-order valence-electron chi connectivity index (χ1n) is 9.47. The van der Waals surface area contributed by atoms with Crippen LogP contribution in [0.5, 0.6) is 0 Å². The number of hydrogen-bond donors (Lipinski definition) is 3. The van der Waals surface area contributed by atoms with Gasteiger partial charge in [0.2, 0.25) is 5.91 Å². The van der Waals surface area contributed by atoms with Crippen LogP contribution < -0.4 is 8.85 Å². The summed E-state index contributed by atoms with van der Waals surface area (Å²) < 4.78 is 2.69. The number of carbonyl (C=O) groups is 2. The Balaban J connectivity index is 3.33. The van der Waals surface area contributed by atoms with Crippen molar-refractivity contribution in [1.29, 1.82) is 0 Å². The number of carboxylic acid groups (broad SMARTS) is 1. The topological polar surface area (TPSA) is 78.4 Å². The number of halogens is 1. The molecule has 0 bridgehead atoms. The van der Waals surface area contributed by atoms with Crippen molar-refractivity contribution < 1.29 is 14.7 Å². The minimum absolute atomic E-state index is 0.0310. The molecule has 0 fully saturated rings. The Labute approximate surface area is 161 Å². The first-order chi connectivity index (χ1) is 11.6. The van der Waals surface area contributed by atoms with Gasteiger partial charge < -0.3 is 10.4 Å². The molecule has 0 aliphatic carbocycles. The summed E-state index contributed by atoms with van der Waals surface area (Å²) in [5, 5.41) is 11.7. The van der Waals surface area contributed by atoms with Crippen LogP contribution in [0.1, 0.15) is 90.4 Å². The summed E-state index contributed by atoms with van der Waals surface area (Å²) in [6, 6.07) is -0.604. The molecule has 6 heteroatoms. The summed E-state index contributed by atoms with van der Waals surface area (Å²) >= 11 is 1.83. The van der Waals surface area contributed by atoms with E-state index in [-0.39, 0.29) is 5.91 Å². The maximum Gasteiger partial charge on any atom is 0.321 e. The molecule has 0 rings (SSSR count). The fourth-order valence-corrected chi connectivity index (χ4v) is 3.20. The van der Waals surface area contributed by atoms with Gasteiger partial charge in [0.1, 0.15) is 6.04 Å². The maximum atomic E-state index is 11.7. The zero-order chi connectivity index (χ0) is 18.0. The first-order valence-corrected chi connectivity index (χ1v) is 10.5.